The van der Waals surface area contributed by atoms with Gasteiger partial charge in [-0.25, -0.2) is 25.9 Å². The number of sulfonamides is 2. The van der Waals surface area contributed by atoms with Gasteiger partial charge in [0.15, 0.2) is 0 Å². The highest BCUT2D eigenvalue weighted by Gasteiger charge is 2.22. The third-order valence-electron chi connectivity index (χ3n) is 3.23. The molecule has 0 aromatic heterocycles. The molecule has 0 rings (SSSR count). The minimum atomic E-state index is -3.59. The number of aliphatic hydroxyl groups excluding tert-OH is 1. The van der Waals surface area contributed by atoms with Crippen LogP contribution in [0.1, 0.15) is 6.92 Å². The SMILES string of the molecule is C=C(C)C(=O)OCCSCC(O)CN(CCN(C)S(C)(=O)=O)S(C)(=O)=O. The molecule has 0 radical (unpaired) electrons. The maximum atomic E-state index is 11.8. The number of hydrogen-bond acceptors (Lipinski definition) is 8. The quantitative estimate of drug-likeness (QED) is 0.232. The van der Waals surface area contributed by atoms with Gasteiger partial charge in [-0.15, -0.1) is 0 Å². The highest BCUT2D eigenvalue weighted by molar-refractivity contribution is 7.99. The second kappa shape index (κ2) is 11.2. The van der Waals surface area contributed by atoms with Crippen molar-refractivity contribution in [2.75, 3.05) is 57.3 Å². The molecule has 0 aromatic rings. The van der Waals surface area contributed by atoms with Crippen LogP contribution in [-0.4, -0.2) is 99.9 Å². The molecule has 0 aromatic carbocycles. The molecule has 1 atom stereocenters. The van der Waals surface area contributed by atoms with Crippen LogP contribution in [0.15, 0.2) is 12.2 Å². The molecule has 12 heteroatoms. The fourth-order valence-corrected chi connectivity index (χ4v) is 3.65. The summed E-state index contributed by atoms with van der Waals surface area (Å²) in [5, 5.41) is 10.0. The van der Waals surface area contributed by atoms with Gasteiger partial charge < -0.3 is 9.84 Å². The summed E-state index contributed by atoms with van der Waals surface area (Å²) in [4.78, 5) is 11.2. The summed E-state index contributed by atoms with van der Waals surface area (Å²) >= 11 is 1.31. The zero-order chi connectivity index (χ0) is 20.5. The van der Waals surface area contributed by atoms with Crippen molar-refractivity contribution in [3.05, 3.63) is 12.2 Å². The minimum Gasteiger partial charge on any atom is -0.461 e. The third kappa shape index (κ3) is 11.1. The standard InChI is InChI=1S/C14H28N2O7S3/c1-12(2)14(18)23-8-9-24-11-13(17)10-16(26(5,21)22)7-6-15(3)25(4,19)20/h13,17H,1,6-11H2,2-5H3. The molecular formula is C14H28N2O7S3. The van der Waals surface area contributed by atoms with Crippen LogP contribution in [-0.2, 0) is 29.6 Å². The van der Waals surface area contributed by atoms with Gasteiger partial charge in [0.2, 0.25) is 20.0 Å². The number of aliphatic hydroxyl groups is 1. The highest BCUT2D eigenvalue weighted by atomic mass is 32.2. The van der Waals surface area contributed by atoms with Crippen LogP contribution in [0.4, 0.5) is 0 Å². The fraction of sp³-hybridized carbons (Fsp3) is 0.786. The summed E-state index contributed by atoms with van der Waals surface area (Å²) in [6, 6.07) is 0. The maximum Gasteiger partial charge on any atom is 0.333 e. The van der Waals surface area contributed by atoms with Crippen molar-refractivity contribution in [2.45, 2.75) is 13.0 Å². The molecule has 0 spiro atoms. The predicted octanol–water partition coefficient (Wildman–Crippen LogP) is -0.647. The van der Waals surface area contributed by atoms with Gasteiger partial charge in [0.25, 0.3) is 0 Å². The van der Waals surface area contributed by atoms with Crippen LogP contribution >= 0.6 is 11.8 Å². The lowest BCUT2D eigenvalue weighted by Crippen LogP contribution is -2.42. The molecule has 0 aliphatic carbocycles. The van der Waals surface area contributed by atoms with E-state index in [1.54, 1.807) is 6.92 Å². The molecule has 0 amide bonds. The first-order valence-corrected chi connectivity index (χ1v) is 12.5. The summed E-state index contributed by atoms with van der Waals surface area (Å²) < 4.78 is 53.4. The Balaban J connectivity index is 4.38. The predicted molar refractivity (Wildman–Crippen MR) is 103 cm³/mol. The van der Waals surface area contributed by atoms with Crippen molar-refractivity contribution in [1.29, 1.82) is 0 Å². The van der Waals surface area contributed by atoms with Crippen molar-refractivity contribution in [3.63, 3.8) is 0 Å². The number of hydrogen-bond donors (Lipinski definition) is 1. The Hall–Kier alpha value is -0.660. The second-order valence-electron chi connectivity index (χ2n) is 5.85. The van der Waals surface area contributed by atoms with Crippen LogP contribution in [0.2, 0.25) is 0 Å². The molecule has 0 saturated heterocycles. The zero-order valence-electron chi connectivity index (χ0n) is 15.5. The lowest BCUT2D eigenvalue weighted by Gasteiger charge is -2.24. The Morgan fingerprint density at radius 1 is 1.19 bits per heavy atom. The van der Waals surface area contributed by atoms with Gasteiger partial charge in [-0.3, -0.25) is 0 Å². The third-order valence-corrected chi connectivity index (χ3v) is 6.89. The van der Waals surface area contributed by atoms with Crippen molar-refractivity contribution in [3.8, 4) is 0 Å². The van der Waals surface area contributed by atoms with Crippen LogP contribution in [0.3, 0.4) is 0 Å². The Labute approximate surface area is 160 Å². The Morgan fingerprint density at radius 3 is 2.23 bits per heavy atom. The van der Waals surface area contributed by atoms with Crippen molar-refractivity contribution >= 4 is 37.8 Å². The molecule has 0 heterocycles. The largest absolute Gasteiger partial charge is 0.461 e. The molecule has 0 fully saturated rings. The van der Waals surface area contributed by atoms with Crippen LogP contribution in [0, 0.1) is 0 Å². The number of ether oxygens (including phenoxy) is 1. The topological polar surface area (TPSA) is 121 Å². The van der Waals surface area contributed by atoms with E-state index >= 15 is 0 Å². The van der Waals surface area contributed by atoms with Crippen LogP contribution < -0.4 is 0 Å². The number of nitrogens with zero attached hydrogens (tertiary/aromatic N) is 2. The number of carbonyl (C=O) groups excluding carboxylic acids is 1. The van der Waals surface area contributed by atoms with Crippen molar-refractivity contribution in [1.82, 2.24) is 8.61 Å². The Kier molecular flexibility index (Phi) is 11.0. The monoisotopic (exact) mass is 432 g/mol. The van der Waals surface area contributed by atoms with E-state index in [0.29, 0.717) is 11.3 Å². The van der Waals surface area contributed by atoms with E-state index in [1.807, 2.05) is 0 Å². The maximum absolute atomic E-state index is 11.8. The molecule has 26 heavy (non-hydrogen) atoms. The minimum absolute atomic E-state index is 0.0113. The first kappa shape index (κ1) is 25.3. The average molecular weight is 433 g/mol. The number of esters is 1. The number of rotatable bonds is 13. The first-order valence-electron chi connectivity index (χ1n) is 7.70. The van der Waals surface area contributed by atoms with E-state index in [-0.39, 0.29) is 32.0 Å². The molecule has 0 saturated carbocycles. The highest BCUT2D eigenvalue weighted by Crippen LogP contribution is 2.08. The summed E-state index contributed by atoms with van der Waals surface area (Å²) in [7, 11) is -5.65. The lowest BCUT2D eigenvalue weighted by atomic mass is 10.4. The van der Waals surface area contributed by atoms with Gasteiger partial charge in [0, 0.05) is 43.8 Å². The molecule has 0 aliphatic heterocycles. The molecule has 154 valence electrons. The Bertz CT molecular complexity index is 677. The fourth-order valence-electron chi connectivity index (χ4n) is 1.63. The van der Waals surface area contributed by atoms with Gasteiger partial charge in [-0.2, -0.15) is 16.1 Å². The number of thioether (sulfide) groups is 1. The van der Waals surface area contributed by atoms with E-state index in [0.717, 1.165) is 21.1 Å². The number of carbonyl (C=O) groups is 1. The first-order chi connectivity index (χ1) is 11.7. The van der Waals surface area contributed by atoms with E-state index in [9.17, 15) is 26.7 Å². The van der Waals surface area contributed by atoms with Gasteiger partial charge in [-0.1, -0.05) is 6.58 Å². The zero-order valence-corrected chi connectivity index (χ0v) is 18.0. The van der Waals surface area contributed by atoms with Gasteiger partial charge in [-0.05, 0) is 6.92 Å². The van der Waals surface area contributed by atoms with Crippen LogP contribution in [0.25, 0.3) is 0 Å². The van der Waals surface area contributed by atoms with Crippen molar-refractivity contribution < 1.29 is 31.5 Å². The van der Waals surface area contributed by atoms with E-state index in [2.05, 4.69) is 6.58 Å². The molecule has 1 unspecified atom stereocenters. The molecule has 0 aliphatic rings. The van der Waals surface area contributed by atoms with E-state index < -0.39 is 32.1 Å². The Morgan fingerprint density at radius 2 is 1.77 bits per heavy atom. The smallest absolute Gasteiger partial charge is 0.333 e. The van der Waals surface area contributed by atoms with Crippen molar-refractivity contribution in [2.24, 2.45) is 0 Å². The van der Waals surface area contributed by atoms with Gasteiger partial charge in [0.05, 0.1) is 18.6 Å². The molecular weight excluding hydrogens is 404 g/mol. The van der Waals surface area contributed by atoms with Gasteiger partial charge in [0.1, 0.15) is 6.61 Å². The van der Waals surface area contributed by atoms with Crippen LogP contribution in [0.5, 0.6) is 0 Å². The van der Waals surface area contributed by atoms with E-state index in [1.165, 1.54) is 18.8 Å². The second-order valence-corrected chi connectivity index (χ2v) is 11.1. The molecule has 1 N–H and O–H groups in total. The summed E-state index contributed by atoms with van der Waals surface area (Å²) in [5.41, 5.74) is 0.304. The molecule has 0 bridgehead atoms. The normalized spacial score (nSPS) is 13.8. The van der Waals surface area contributed by atoms with Gasteiger partial charge >= 0.3 is 5.97 Å². The summed E-state index contributed by atoms with van der Waals surface area (Å²) in [5.74, 6) is 0.217. The molecule has 9 nitrogen and oxygen atoms in total. The summed E-state index contributed by atoms with van der Waals surface area (Å²) in [6.07, 6.45) is 1.10. The average Bonchev–Trinajstić information content (AvgIpc) is 2.48. The number of likely N-dealkylation sites (N-methyl/N-ethyl adjacent to an activating group) is 1. The summed E-state index contributed by atoms with van der Waals surface area (Å²) in [6.45, 7) is 4.95. The lowest BCUT2D eigenvalue weighted by molar-refractivity contribution is -0.138. The van der Waals surface area contributed by atoms with E-state index in [4.69, 9.17) is 4.74 Å².